The summed E-state index contributed by atoms with van der Waals surface area (Å²) in [5.74, 6) is 0.785. The lowest BCUT2D eigenvalue weighted by Crippen LogP contribution is -2.32. The summed E-state index contributed by atoms with van der Waals surface area (Å²) < 4.78 is 13.5. The van der Waals surface area contributed by atoms with Gasteiger partial charge in [-0.05, 0) is 50.8 Å². The molecule has 2 heterocycles. The first-order valence-corrected chi connectivity index (χ1v) is 10.3. The van der Waals surface area contributed by atoms with Crippen LogP contribution >= 0.6 is 0 Å². The Balaban J connectivity index is 1.70. The zero-order valence-corrected chi connectivity index (χ0v) is 16.4. The molecule has 1 atom stereocenters. The summed E-state index contributed by atoms with van der Waals surface area (Å²) >= 11 is 0. The summed E-state index contributed by atoms with van der Waals surface area (Å²) in [6.45, 7) is 3.47. The van der Waals surface area contributed by atoms with Crippen molar-refractivity contribution in [1.29, 1.82) is 0 Å². The number of rotatable bonds is 5. The van der Waals surface area contributed by atoms with Gasteiger partial charge in [0.1, 0.15) is 5.75 Å². The average molecular weight is 370 g/mol. The molecule has 1 aromatic heterocycles. The summed E-state index contributed by atoms with van der Waals surface area (Å²) in [5.41, 5.74) is 2.99. The van der Waals surface area contributed by atoms with Crippen molar-refractivity contribution in [3.8, 4) is 5.75 Å². The SMILES string of the molecule is COc1ccc2c(c1)c(C(=O)NC[C@@H]1CCCO1)c(C)n2C1CCCCC1. The molecule has 0 unspecified atom stereocenters. The second-order valence-corrected chi connectivity index (χ2v) is 7.85. The minimum absolute atomic E-state index is 0.00388. The van der Waals surface area contributed by atoms with Gasteiger partial charge in [-0.15, -0.1) is 0 Å². The monoisotopic (exact) mass is 370 g/mol. The van der Waals surface area contributed by atoms with Crippen LogP contribution in [0.3, 0.4) is 0 Å². The van der Waals surface area contributed by atoms with Crippen LogP contribution in [0, 0.1) is 6.92 Å². The van der Waals surface area contributed by atoms with Gasteiger partial charge in [0.15, 0.2) is 0 Å². The second-order valence-electron chi connectivity index (χ2n) is 7.85. The number of nitrogens with one attached hydrogen (secondary N) is 1. The lowest BCUT2D eigenvalue weighted by Gasteiger charge is -2.26. The van der Waals surface area contributed by atoms with Crippen molar-refractivity contribution in [2.45, 2.75) is 64.0 Å². The molecule has 27 heavy (non-hydrogen) atoms. The quantitative estimate of drug-likeness (QED) is 0.850. The van der Waals surface area contributed by atoms with E-state index < -0.39 is 0 Å². The van der Waals surface area contributed by atoms with Gasteiger partial charge in [0.05, 0.1) is 18.8 Å². The molecule has 5 nitrogen and oxygen atoms in total. The van der Waals surface area contributed by atoms with Gasteiger partial charge in [-0.25, -0.2) is 0 Å². The second kappa shape index (κ2) is 7.93. The first-order chi connectivity index (χ1) is 13.2. The third-order valence-electron chi connectivity index (χ3n) is 6.14. The molecule has 0 spiro atoms. The Morgan fingerprint density at radius 1 is 1.22 bits per heavy atom. The molecule has 1 saturated carbocycles. The third kappa shape index (κ3) is 3.57. The van der Waals surface area contributed by atoms with Crippen LogP contribution in [-0.2, 0) is 4.74 Å². The molecule has 1 N–H and O–H groups in total. The number of nitrogens with zero attached hydrogens (tertiary/aromatic N) is 1. The van der Waals surface area contributed by atoms with Crippen molar-refractivity contribution in [2.24, 2.45) is 0 Å². The van der Waals surface area contributed by atoms with Crippen LogP contribution in [0.2, 0.25) is 0 Å². The number of hydrogen-bond donors (Lipinski definition) is 1. The van der Waals surface area contributed by atoms with Crippen molar-refractivity contribution in [1.82, 2.24) is 9.88 Å². The number of amides is 1. The van der Waals surface area contributed by atoms with Crippen LogP contribution in [0.1, 0.15) is 67.0 Å². The minimum Gasteiger partial charge on any atom is -0.497 e. The number of hydrogen-bond acceptors (Lipinski definition) is 3. The zero-order valence-electron chi connectivity index (χ0n) is 16.4. The zero-order chi connectivity index (χ0) is 18.8. The van der Waals surface area contributed by atoms with Gasteiger partial charge in [0.2, 0.25) is 0 Å². The van der Waals surface area contributed by atoms with Crippen LogP contribution in [0.25, 0.3) is 10.9 Å². The highest BCUT2D eigenvalue weighted by molar-refractivity contribution is 6.08. The van der Waals surface area contributed by atoms with Crippen LogP contribution in [0.4, 0.5) is 0 Å². The molecule has 4 rings (SSSR count). The number of fused-ring (bicyclic) bond motifs is 1. The van der Waals surface area contributed by atoms with Gasteiger partial charge in [-0.3, -0.25) is 4.79 Å². The first-order valence-electron chi connectivity index (χ1n) is 10.3. The van der Waals surface area contributed by atoms with Gasteiger partial charge in [0, 0.05) is 35.8 Å². The molecule has 1 aliphatic heterocycles. The molecule has 1 aromatic carbocycles. The number of ether oxygens (including phenoxy) is 2. The molecule has 0 radical (unpaired) electrons. The van der Waals surface area contributed by atoms with E-state index in [0.717, 1.165) is 47.4 Å². The standard InChI is InChI=1S/C22H30N2O3/c1-15-21(22(25)23-14-18-9-6-12-27-18)19-13-17(26-2)10-11-20(19)24(15)16-7-4-3-5-8-16/h10-11,13,16,18H,3-9,12,14H2,1-2H3,(H,23,25)/t18-/m0/s1. The van der Waals surface area contributed by atoms with E-state index in [2.05, 4.69) is 22.9 Å². The van der Waals surface area contributed by atoms with Gasteiger partial charge in [-0.2, -0.15) is 0 Å². The molecular formula is C22H30N2O3. The van der Waals surface area contributed by atoms with E-state index in [0.29, 0.717) is 12.6 Å². The van der Waals surface area contributed by atoms with Gasteiger partial charge >= 0.3 is 0 Å². The van der Waals surface area contributed by atoms with Gasteiger partial charge in [-0.1, -0.05) is 19.3 Å². The molecule has 1 aliphatic carbocycles. The maximum atomic E-state index is 13.1. The predicted molar refractivity (Wildman–Crippen MR) is 107 cm³/mol. The van der Waals surface area contributed by atoms with Crippen molar-refractivity contribution in [2.75, 3.05) is 20.3 Å². The van der Waals surface area contributed by atoms with E-state index in [-0.39, 0.29) is 12.0 Å². The van der Waals surface area contributed by atoms with E-state index in [1.807, 2.05) is 12.1 Å². The largest absolute Gasteiger partial charge is 0.497 e. The van der Waals surface area contributed by atoms with Crippen molar-refractivity contribution >= 4 is 16.8 Å². The molecule has 2 fully saturated rings. The summed E-state index contributed by atoms with van der Waals surface area (Å²) in [5, 5.41) is 4.10. The molecule has 5 heteroatoms. The van der Waals surface area contributed by atoms with E-state index in [4.69, 9.17) is 9.47 Å². The highest BCUT2D eigenvalue weighted by atomic mass is 16.5. The maximum Gasteiger partial charge on any atom is 0.253 e. The fraction of sp³-hybridized carbons (Fsp3) is 0.591. The summed E-state index contributed by atoms with van der Waals surface area (Å²) in [7, 11) is 1.67. The van der Waals surface area contributed by atoms with Crippen molar-refractivity contribution in [3.63, 3.8) is 0 Å². The topological polar surface area (TPSA) is 52.5 Å². The molecule has 146 valence electrons. The lowest BCUT2D eigenvalue weighted by molar-refractivity contribution is 0.0858. The Morgan fingerprint density at radius 3 is 2.74 bits per heavy atom. The lowest BCUT2D eigenvalue weighted by atomic mass is 9.95. The van der Waals surface area contributed by atoms with Crippen LogP contribution in [0.5, 0.6) is 5.75 Å². The van der Waals surface area contributed by atoms with Gasteiger partial charge in [0.25, 0.3) is 5.91 Å². The predicted octanol–water partition coefficient (Wildman–Crippen LogP) is 4.37. The Hall–Kier alpha value is -2.01. The molecule has 0 bridgehead atoms. The Bertz CT molecular complexity index is 815. The van der Waals surface area contributed by atoms with Crippen molar-refractivity contribution < 1.29 is 14.3 Å². The Labute approximate surface area is 161 Å². The first kappa shape index (κ1) is 18.4. The molecule has 1 amide bonds. The summed E-state index contributed by atoms with van der Waals surface area (Å²) in [6, 6.07) is 6.58. The average Bonchev–Trinajstić information content (AvgIpc) is 3.31. The van der Waals surface area contributed by atoms with Crippen molar-refractivity contribution in [3.05, 3.63) is 29.5 Å². The summed E-state index contributed by atoms with van der Waals surface area (Å²) in [6.07, 6.45) is 8.48. The number of methoxy groups -OCH3 is 1. The number of carbonyl (C=O) groups is 1. The number of benzene rings is 1. The fourth-order valence-electron chi connectivity index (χ4n) is 4.75. The van der Waals surface area contributed by atoms with Gasteiger partial charge < -0.3 is 19.4 Å². The molecule has 2 aromatic rings. The van der Waals surface area contributed by atoms with E-state index in [1.54, 1.807) is 7.11 Å². The van der Waals surface area contributed by atoms with Crippen LogP contribution < -0.4 is 10.1 Å². The fourth-order valence-corrected chi connectivity index (χ4v) is 4.75. The Morgan fingerprint density at radius 2 is 2.04 bits per heavy atom. The highest BCUT2D eigenvalue weighted by Crippen LogP contribution is 2.37. The third-order valence-corrected chi connectivity index (χ3v) is 6.14. The normalized spacial score (nSPS) is 20.9. The summed E-state index contributed by atoms with van der Waals surface area (Å²) in [4.78, 5) is 13.1. The molecule has 1 saturated heterocycles. The Kier molecular flexibility index (Phi) is 5.39. The highest BCUT2D eigenvalue weighted by Gasteiger charge is 2.26. The molecular weight excluding hydrogens is 340 g/mol. The van der Waals surface area contributed by atoms with E-state index in [1.165, 1.54) is 32.1 Å². The van der Waals surface area contributed by atoms with Crippen LogP contribution in [0.15, 0.2) is 18.2 Å². The smallest absolute Gasteiger partial charge is 0.253 e. The molecule has 2 aliphatic rings. The minimum atomic E-state index is -0.00388. The van der Waals surface area contributed by atoms with E-state index >= 15 is 0 Å². The van der Waals surface area contributed by atoms with E-state index in [9.17, 15) is 4.79 Å². The number of carbonyl (C=O) groups excluding carboxylic acids is 1. The number of aromatic nitrogens is 1. The van der Waals surface area contributed by atoms with Crippen LogP contribution in [-0.4, -0.2) is 36.8 Å². The maximum absolute atomic E-state index is 13.1.